The molecule has 106 valence electrons. The van der Waals surface area contributed by atoms with Crippen LogP contribution in [-0.4, -0.2) is 13.1 Å². The van der Waals surface area contributed by atoms with Crippen molar-refractivity contribution in [2.45, 2.75) is 6.92 Å². The third kappa shape index (κ3) is 3.12. The Morgan fingerprint density at radius 3 is 2.62 bits per heavy atom. The number of rotatable bonds is 3. The Bertz CT molecular complexity index is 733. The van der Waals surface area contributed by atoms with Crippen LogP contribution in [0.3, 0.4) is 0 Å². The van der Waals surface area contributed by atoms with Gasteiger partial charge in [-0.1, -0.05) is 6.07 Å². The lowest BCUT2D eigenvalue weighted by Crippen LogP contribution is -2.02. The zero-order valence-corrected chi connectivity index (χ0v) is 11.7. The van der Waals surface area contributed by atoms with Gasteiger partial charge in [-0.25, -0.2) is 4.79 Å². The van der Waals surface area contributed by atoms with Crippen LogP contribution in [0, 0.1) is 18.3 Å². The monoisotopic (exact) mass is 282 g/mol. The number of nitrogens with two attached hydrogens (primary N) is 1. The van der Waals surface area contributed by atoms with E-state index in [1.54, 1.807) is 30.3 Å². The highest BCUT2D eigenvalue weighted by molar-refractivity contribution is 5.90. The van der Waals surface area contributed by atoms with E-state index in [2.05, 4.69) is 4.74 Å². The van der Waals surface area contributed by atoms with Gasteiger partial charge >= 0.3 is 5.97 Å². The predicted molar refractivity (Wildman–Crippen MR) is 78.2 cm³/mol. The fourth-order valence-corrected chi connectivity index (χ4v) is 1.77. The van der Waals surface area contributed by atoms with Crippen molar-refractivity contribution in [3.63, 3.8) is 0 Å². The van der Waals surface area contributed by atoms with Gasteiger partial charge in [-0.05, 0) is 42.8 Å². The highest BCUT2D eigenvalue weighted by Crippen LogP contribution is 2.31. The SMILES string of the molecule is COC(=O)c1ccc(N)c(Oc2cc(C#N)ccc2C)c1. The summed E-state index contributed by atoms with van der Waals surface area (Å²) in [5.41, 5.74) is 7.94. The van der Waals surface area contributed by atoms with Crippen LogP contribution >= 0.6 is 0 Å². The van der Waals surface area contributed by atoms with Gasteiger partial charge in [-0.15, -0.1) is 0 Å². The summed E-state index contributed by atoms with van der Waals surface area (Å²) in [6.07, 6.45) is 0. The Hall–Kier alpha value is -3.00. The number of nitriles is 1. The summed E-state index contributed by atoms with van der Waals surface area (Å²) < 4.78 is 10.4. The maximum Gasteiger partial charge on any atom is 0.337 e. The van der Waals surface area contributed by atoms with Gasteiger partial charge in [0.15, 0.2) is 5.75 Å². The molecule has 2 aromatic rings. The van der Waals surface area contributed by atoms with E-state index < -0.39 is 5.97 Å². The highest BCUT2D eigenvalue weighted by atomic mass is 16.5. The van der Waals surface area contributed by atoms with Crippen LogP contribution in [0.25, 0.3) is 0 Å². The van der Waals surface area contributed by atoms with E-state index in [1.165, 1.54) is 13.2 Å². The Morgan fingerprint density at radius 1 is 1.19 bits per heavy atom. The molecule has 0 amide bonds. The van der Waals surface area contributed by atoms with Crippen molar-refractivity contribution in [2.75, 3.05) is 12.8 Å². The Morgan fingerprint density at radius 2 is 1.95 bits per heavy atom. The largest absolute Gasteiger partial charge is 0.465 e. The van der Waals surface area contributed by atoms with Crippen LogP contribution in [0.5, 0.6) is 11.5 Å². The predicted octanol–water partition coefficient (Wildman–Crippen LogP) is 3.03. The summed E-state index contributed by atoms with van der Waals surface area (Å²) in [6.45, 7) is 1.86. The maximum atomic E-state index is 11.5. The number of anilines is 1. The number of ether oxygens (including phenoxy) is 2. The van der Waals surface area contributed by atoms with Crippen LogP contribution in [0.4, 0.5) is 5.69 Å². The van der Waals surface area contributed by atoms with Gasteiger partial charge in [0.2, 0.25) is 0 Å². The molecule has 0 atom stereocenters. The second-order valence-corrected chi connectivity index (χ2v) is 4.44. The summed E-state index contributed by atoms with van der Waals surface area (Å²) in [6, 6.07) is 11.8. The molecule has 21 heavy (non-hydrogen) atoms. The van der Waals surface area contributed by atoms with E-state index in [-0.39, 0.29) is 0 Å². The van der Waals surface area contributed by atoms with Crippen LogP contribution in [0.15, 0.2) is 36.4 Å². The van der Waals surface area contributed by atoms with Crippen molar-refractivity contribution in [1.29, 1.82) is 5.26 Å². The maximum absolute atomic E-state index is 11.5. The fourth-order valence-electron chi connectivity index (χ4n) is 1.77. The molecule has 0 spiro atoms. The first kappa shape index (κ1) is 14.4. The van der Waals surface area contributed by atoms with Gasteiger partial charge in [0, 0.05) is 0 Å². The lowest BCUT2D eigenvalue weighted by molar-refractivity contribution is 0.0600. The van der Waals surface area contributed by atoms with Crippen molar-refractivity contribution in [3.8, 4) is 17.6 Å². The first-order valence-electron chi connectivity index (χ1n) is 6.21. The smallest absolute Gasteiger partial charge is 0.337 e. The first-order chi connectivity index (χ1) is 10.0. The van der Waals surface area contributed by atoms with Crippen LogP contribution in [0.2, 0.25) is 0 Å². The molecule has 0 bridgehead atoms. The van der Waals surface area contributed by atoms with E-state index in [1.807, 2.05) is 13.0 Å². The second-order valence-electron chi connectivity index (χ2n) is 4.44. The van der Waals surface area contributed by atoms with Crippen molar-refractivity contribution in [1.82, 2.24) is 0 Å². The molecule has 2 N–H and O–H groups in total. The van der Waals surface area contributed by atoms with E-state index in [0.717, 1.165) is 5.56 Å². The van der Waals surface area contributed by atoms with Gasteiger partial charge in [0.25, 0.3) is 0 Å². The van der Waals surface area contributed by atoms with Crippen molar-refractivity contribution in [2.24, 2.45) is 0 Å². The molecule has 2 aromatic carbocycles. The molecule has 0 saturated carbocycles. The average Bonchev–Trinajstić information content (AvgIpc) is 2.50. The number of carbonyl (C=O) groups excluding carboxylic acids is 1. The summed E-state index contributed by atoms with van der Waals surface area (Å²) in [4.78, 5) is 11.5. The summed E-state index contributed by atoms with van der Waals surface area (Å²) in [5, 5.41) is 8.93. The second kappa shape index (κ2) is 5.97. The zero-order valence-electron chi connectivity index (χ0n) is 11.7. The van der Waals surface area contributed by atoms with Crippen LogP contribution in [0.1, 0.15) is 21.5 Å². The number of methoxy groups -OCH3 is 1. The van der Waals surface area contributed by atoms with Crippen LogP contribution < -0.4 is 10.5 Å². The average molecular weight is 282 g/mol. The fraction of sp³-hybridized carbons (Fsp3) is 0.125. The van der Waals surface area contributed by atoms with Crippen molar-refractivity contribution >= 4 is 11.7 Å². The number of hydrogen-bond donors (Lipinski definition) is 1. The van der Waals surface area contributed by atoms with E-state index in [9.17, 15) is 4.79 Å². The number of hydrogen-bond acceptors (Lipinski definition) is 5. The van der Waals surface area contributed by atoms with E-state index in [4.69, 9.17) is 15.7 Å². The van der Waals surface area contributed by atoms with Gasteiger partial charge in [-0.3, -0.25) is 0 Å². The number of aryl methyl sites for hydroxylation is 1. The van der Waals surface area contributed by atoms with Crippen molar-refractivity contribution in [3.05, 3.63) is 53.1 Å². The summed E-state index contributed by atoms with van der Waals surface area (Å²) >= 11 is 0. The van der Waals surface area contributed by atoms with Crippen LogP contribution in [-0.2, 0) is 4.74 Å². The standard InChI is InChI=1S/C16H14N2O3/c1-10-3-4-11(9-17)7-14(10)21-15-8-12(16(19)20-2)5-6-13(15)18/h3-8H,18H2,1-2H3. The number of esters is 1. The number of benzene rings is 2. The topological polar surface area (TPSA) is 85.3 Å². The lowest BCUT2D eigenvalue weighted by Gasteiger charge is -2.12. The highest BCUT2D eigenvalue weighted by Gasteiger charge is 2.11. The molecule has 0 aromatic heterocycles. The summed E-state index contributed by atoms with van der Waals surface area (Å²) in [5.74, 6) is 0.390. The molecular formula is C16H14N2O3. The van der Waals surface area contributed by atoms with E-state index in [0.29, 0.717) is 28.3 Å². The van der Waals surface area contributed by atoms with E-state index >= 15 is 0 Å². The van der Waals surface area contributed by atoms with Crippen molar-refractivity contribution < 1.29 is 14.3 Å². The third-order valence-electron chi connectivity index (χ3n) is 2.97. The molecule has 0 unspecified atom stereocenters. The minimum atomic E-state index is -0.470. The molecule has 5 heteroatoms. The lowest BCUT2D eigenvalue weighted by atomic mass is 10.1. The quantitative estimate of drug-likeness (QED) is 0.690. The molecule has 2 rings (SSSR count). The third-order valence-corrected chi connectivity index (χ3v) is 2.97. The Labute approximate surface area is 122 Å². The first-order valence-corrected chi connectivity index (χ1v) is 6.21. The molecule has 0 aliphatic heterocycles. The minimum Gasteiger partial charge on any atom is -0.465 e. The molecule has 0 fully saturated rings. The molecule has 0 aliphatic carbocycles. The Kier molecular flexibility index (Phi) is 4.10. The molecule has 0 heterocycles. The zero-order chi connectivity index (χ0) is 15.4. The number of nitrogen functional groups attached to an aromatic ring is 1. The van der Waals surface area contributed by atoms with Gasteiger partial charge in [-0.2, -0.15) is 5.26 Å². The minimum absolute atomic E-state index is 0.343. The molecule has 0 radical (unpaired) electrons. The number of carbonyl (C=O) groups is 1. The number of nitrogens with zero attached hydrogens (tertiary/aromatic N) is 1. The molecule has 5 nitrogen and oxygen atoms in total. The molecule has 0 saturated heterocycles. The summed E-state index contributed by atoms with van der Waals surface area (Å²) in [7, 11) is 1.31. The van der Waals surface area contributed by atoms with Gasteiger partial charge < -0.3 is 15.2 Å². The van der Waals surface area contributed by atoms with Gasteiger partial charge in [0.05, 0.1) is 30.0 Å². The normalized spacial score (nSPS) is 9.76. The van der Waals surface area contributed by atoms with Gasteiger partial charge in [0.1, 0.15) is 5.75 Å². The molecular weight excluding hydrogens is 268 g/mol. The molecule has 0 aliphatic rings. The Balaban J connectivity index is 2.39.